The summed E-state index contributed by atoms with van der Waals surface area (Å²) in [5, 5.41) is 9.17. The second kappa shape index (κ2) is 4.57. The molecular formula is C11H15N3O3. The van der Waals surface area contributed by atoms with Crippen LogP contribution in [0.4, 0.5) is 5.95 Å². The lowest BCUT2D eigenvalue weighted by atomic mass is 9.87. The Bertz CT molecular complexity index is 416. The molecule has 92 valence electrons. The van der Waals surface area contributed by atoms with E-state index in [4.69, 9.17) is 0 Å². The summed E-state index contributed by atoms with van der Waals surface area (Å²) in [5.41, 5.74) is 0. The lowest BCUT2D eigenvalue weighted by Gasteiger charge is -2.37. The summed E-state index contributed by atoms with van der Waals surface area (Å²) in [6, 6.07) is -0.320. The van der Waals surface area contributed by atoms with Gasteiger partial charge < -0.3 is 10.1 Å². The molecule has 1 aromatic heterocycles. The summed E-state index contributed by atoms with van der Waals surface area (Å²) in [7, 11) is 0. The molecule has 6 heteroatoms. The average Bonchev–Trinajstić information content (AvgIpc) is 2.81. The zero-order chi connectivity index (χ0) is 12.4. The minimum atomic E-state index is -0.846. The molecule has 0 unspecified atom stereocenters. The van der Waals surface area contributed by atoms with Gasteiger partial charge in [-0.3, -0.25) is 14.5 Å². The quantitative estimate of drug-likeness (QED) is 0.821. The number of hydrogen-bond acceptors (Lipinski definition) is 3. The smallest absolute Gasteiger partial charge is 0.308 e. The molecule has 2 N–H and O–H groups in total. The van der Waals surface area contributed by atoms with Gasteiger partial charge in [-0.1, -0.05) is 6.92 Å². The normalized spacial score (nSPS) is 25.0. The SMILES string of the molecule is CC[C@@H]1[C@@H](C(=O)O)CCC(=O)N1c1ncc[nH]1. The number of nitrogens with zero attached hydrogens (tertiary/aromatic N) is 2. The molecule has 0 saturated carbocycles. The fourth-order valence-electron chi connectivity index (χ4n) is 2.38. The number of aromatic amines is 1. The van der Waals surface area contributed by atoms with Crippen LogP contribution >= 0.6 is 0 Å². The lowest BCUT2D eigenvalue weighted by Crippen LogP contribution is -2.51. The van der Waals surface area contributed by atoms with Gasteiger partial charge in [0.25, 0.3) is 0 Å². The Kier molecular flexibility index (Phi) is 3.12. The monoisotopic (exact) mass is 237 g/mol. The Morgan fingerprint density at radius 2 is 2.47 bits per heavy atom. The van der Waals surface area contributed by atoms with E-state index in [1.165, 1.54) is 4.90 Å². The van der Waals surface area contributed by atoms with Gasteiger partial charge in [0, 0.05) is 18.8 Å². The van der Waals surface area contributed by atoms with Crippen LogP contribution in [0, 0.1) is 5.92 Å². The van der Waals surface area contributed by atoms with E-state index in [0.29, 0.717) is 18.8 Å². The maximum absolute atomic E-state index is 11.9. The number of aliphatic carboxylic acids is 1. The van der Waals surface area contributed by atoms with Crippen molar-refractivity contribution in [3.8, 4) is 0 Å². The van der Waals surface area contributed by atoms with Crippen LogP contribution in [0.1, 0.15) is 26.2 Å². The van der Waals surface area contributed by atoms with E-state index in [1.54, 1.807) is 12.4 Å². The number of carboxylic acid groups (broad SMARTS) is 1. The van der Waals surface area contributed by atoms with Crippen molar-refractivity contribution in [3.63, 3.8) is 0 Å². The number of imidazole rings is 1. The number of aromatic nitrogens is 2. The number of amides is 1. The number of nitrogens with one attached hydrogen (secondary N) is 1. The number of carboxylic acids is 1. The number of carbonyl (C=O) groups excluding carboxylic acids is 1. The van der Waals surface area contributed by atoms with Crippen molar-refractivity contribution in [1.82, 2.24) is 9.97 Å². The first-order valence-corrected chi connectivity index (χ1v) is 5.69. The summed E-state index contributed by atoms with van der Waals surface area (Å²) in [4.78, 5) is 31.5. The lowest BCUT2D eigenvalue weighted by molar-refractivity contribution is -0.144. The van der Waals surface area contributed by atoms with E-state index in [1.807, 2.05) is 6.92 Å². The third-order valence-corrected chi connectivity index (χ3v) is 3.18. The van der Waals surface area contributed by atoms with Crippen molar-refractivity contribution >= 4 is 17.8 Å². The zero-order valence-corrected chi connectivity index (χ0v) is 9.59. The average molecular weight is 237 g/mol. The van der Waals surface area contributed by atoms with Crippen LogP contribution in [0.2, 0.25) is 0 Å². The predicted molar refractivity (Wildman–Crippen MR) is 60.5 cm³/mol. The first-order chi connectivity index (χ1) is 8.15. The molecule has 6 nitrogen and oxygen atoms in total. The number of piperidine rings is 1. The predicted octanol–water partition coefficient (Wildman–Crippen LogP) is 1.02. The van der Waals surface area contributed by atoms with Crippen molar-refractivity contribution in [2.24, 2.45) is 5.92 Å². The van der Waals surface area contributed by atoms with Gasteiger partial charge in [-0.2, -0.15) is 0 Å². The van der Waals surface area contributed by atoms with Crippen molar-refractivity contribution in [2.75, 3.05) is 4.90 Å². The van der Waals surface area contributed by atoms with Gasteiger partial charge in [0.05, 0.1) is 12.0 Å². The van der Waals surface area contributed by atoms with Gasteiger partial charge in [-0.05, 0) is 12.8 Å². The van der Waals surface area contributed by atoms with Crippen molar-refractivity contribution < 1.29 is 14.7 Å². The molecule has 2 atom stereocenters. The largest absolute Gasteiger partial charge is 0.481 e. The van der Waals surface area contributed by atoms with E-state index in [-0.39, 0.29) is 18.4 Å². The highest BCUT2D eigenvalue weighted by atomic mass is 16.4. The minimum absolute atomic E-state index is 0.0655. The third kappa shape index (κ3) is 2.02. The molecule has 1 saturated heterocycles. The fraction of sp³-hybridized carbons (Fsp3) is 0.545. The molecule has 1 aliphatic heterocycles. The van der Waals surface area contributed by atoms with E-state index >= 15 is 0 Å². The molecule has 17 heavy (non-hydrogen) atoms. The van der Waals surface area contributed by atoms with E-state index in [2.05, 4.69) is 9.97 Å². The molecule has 0 aliphatic carbocycles. The van der Waals surface area contributed by atoms with Gasteiger partial charge in [0.1, 0.15) is 0 Å². The highest BCUT2D eigenvalue weighted by Gasteiger charge is 2.40. The van der Waals surface area contributed by atoms with Crippen molar-refractivity contribution in [3.05, 3.63) is 12.4 Å². The molecule has 2 heterocycles. The Morgan fingerprint density at radius 1 is 1.71 bits per heavy atom. The molecule has 0 radical (unpaired) electrons. The Hall–Kier alpha value is -1.85. The Balaban J connectivity index is 2.32. The molecule has 0 spiro atoms. The van der Waals surface area contributed by atoms with E-state index < -0.39 is 11.9 Å². The molecule has 1 aliphatic rings. The number of anilines is 1. The molecule has 0 aromatic carbocycles. The number of H-pyrrole nitrogens is 1. The highest BCUT2D eigenvalue weighted by molar-refractivity contribution is 5.94. The van der Waals surface area contributed by atoms with Gasteiger partial charge >= 0.3 is 5.97 Å². The minimum Gasteiger partial charge on any atom is -0.481 e. The second-order valence-corrected chi connectivity index (χ2v) is 4.14. The maximum atomic E-state index is 11.9. The van der Waals surface area contributed by atoms with Crippen LogP contribution in [0.15, 0.2) is 12.4 Å². The fourth-order valence-corrected chi connectivity index (χ4v) is 2.38. The summed E-state index contributed by atoms with van der Waals surface area (Å²) in [5.74, 6) is -0.985. The number of rotatable bonds is 3. The topological polar surface area (TPSA) is 86.3 Å². The van der Waals surface area contributed by atoms with Gasteiger partial charge in [0.15, 0.2) is 0 Å². The molecular weight excluding hydrogens is 222 g/mol. The van der Waals surface area contributed by atoms with Crippen molar-refractivity contribution in [1.29, 1.82) is 0 Å². The first-order valence-electron chi connectivity index (χ1n) is 5.69. The second-order valence-electron chi connectivity index (χ2n) is 4.14. The molecule has 2 rings (SSSR count). The summed E-state index contributed by atoms with van der Waals surface area (Å²) in [6.45, 7) is 1.88. The number of carbonyl (C=O) groups is 2. The summed E-state index contributed by atoms with van der Waals surface area (Å²) >= 11 is 0. The summed E-state index contributed by atoms with van der Waals surface area (Å²) in [6.07, 6.45) is 4.45. The first kappa shape index (κ1) is 11.6. The number of hydrogen-bond donors (Lipinski definition) is 2. The van der Waals surface area contributed by atoms with Crippen molar-refractivity contribution in [2.45, 2.75) is 32.2 Å². The van der Waals surface area contributed by atoms with Gasteiger partial charge in [-0.15, -0.1) is 0 Å². The van der Waals surface area contributed by atoms with E-state index in [9.17, 15) is 14.7 Å². The van der Waals surface area contributed by atoms with Crippen LogP contribution in [0.5, 0.6) is 0 Å². The molecule has 1 fully saturated rings. The molecule has 1 aromatic rings. The zero-order valence-electron chi connectivity index (χ0n) is 9.59. The molecule has 0 bridgehead atoms. The third-order valence-electron chi connectivity index (χ3n) is 3.18. The van der Waals surface area contributed by atoms with E-state index in [0.717, 1.165) is 0 Å². The van der Waals surface area contributed by atoms with Crippen LogP contribution < -0.4 is 4.90 Å². The van der Waals surface area contributed by atoms with Gasteiger partial charge in [-0.25, -0.2) is 4.98 Å². The van der Waals surface area contributed by atoms with Crippen LogP contribution in [0.3, 0.4) is 0 Å². The Labute approximate surface area is 98.7 Å². The van der Waals surface area contributed by atoms with Gasteiger partial charge in [0.2, 0.25) is 11.9 Å². The molecule has 1 amide bonds. The Morgan fingerprint density at radius 3 is 3.00 bits per heavy atom. The highest BCUT2D eigenvalue weighted by Crippen LogP contribution is 2.29. The maximum Gasteiger partial charge on any atom is 0.308 e. The summed E-state index contributed by atoms with van der Waals surface area (Å²) < 4.78 is 0. The van der Waals surface area contributed by atoms with Crippen LogP contribution in [-0.4, -0.2) is 33.0 Å². The standard InChI is InChI=1S/C11H15N3O3/c1-2-8-7(10(16)17)3-4-9(15)14(8)11-12-5-6-13-11/h5-8H,2-4H2,1H3,(H,12,13)(H,16,17)/t7-,8+/m0/s1. The van der Waals surface area contributed by atoms with Crippen LogP contribution in [0.25, 0.3) is 0 Å². The van der Waals surface area contributed by atoms with Crippen LogP contribution in [-0.2, 0) is 9.59 Å².